The van der Waals surface area contributed by atoms with Gasteiger partial charge < -0.3 is 4.57 Å². The minimum absolute atomic E-state index is 0.874. The number of rotatable bonds is 4. The highest BCUT2D eigenvalue weighted by atomic mass is 32.1. The first-order valence-corrected chi connectivity index (χ1v) is 13.9. The average Bonchev–Trinajstić information content (AvgIpc) is 3.46. The Labute approximate surface area is 195 Å². The molecule has 6 aromatic rings. The molecule has 4 aromatic carbocycles. The van der Waals surface area contributed by atoms with Crippen molar-refractivity contribution in [2.75, 3.05) is 0 Å². The molecule has 6 rings (SSSR count). The summed E-state index contributed by atoms with van der Waals surface area (Å²) in [6, 6.07) is 36.9. The standard InChI is InChI=1S/C28H19OPS2/c29-30(20-11-3-1-4-12-20,21-13-5-2-6-14-21)28-27(23-16-8-10-18-26(23)32-28)24-19-31-25-17-9-7-15-22(24)25/h1-19H. The molecule has 0 atom stereocenters. The first kappa shape index (κ1) is 19.7. The fraction of sp³-hybridized carbons (Fsp3) is 0. The molecule has 0 amide bonds. The van der Waals surface area contributed by atoms with Gasteiger partial charge in [-0.3, -0.25) is 0 Å². The summed E-state index contributed by atoms with van der Waals surface area (Å²) in [5, 5.41) is 6.36. The Bertz CT molecular complexity index is 1550. The zero-order chi connectivity index (χ0) is 21.5. The van der Waals surface area contributed by atoms with Crippen LogP contribution in [-0.4, -0.2) is 0 Å². The molecular formula is C28H19OPS2. The van der Waals surface area contributed by atoms with Crippen molar-refractivity contribution in [1.82, 2.24) is 0 Å². The van der Waals surface area contributed by atoms with E-state index in [9.17, 15) is 0 Å². The van der Waals surface area contributed by atoms with Crippen LogP contribution in [0.4, 0.5) is 0 Å². The second kappa shape index (κ2) is 7.86. The Balaban J connectivity index is 1.76. The van der Waals surface area contributed by atoms with Crippen LogP contribution in [-0.2, 0) is 4.57 Å². The lowest BCUT2D eigenvalue weighted by Gasteiger charge is -2.20. The van der Waals surface area contributed by atoms with Gasteiger partial charge in [0.2, 0.25) is 0 Å². The fourth-order valence-electron chi connectivity index (χ4n) is 4.35. The van der Waals surface area contributed by atoms with Gasteiger partial charge in [-0.1, -0.05) is 97.1 Å². The average molecular weight is 467 g/mol. The second-order valence-corrected chi connectivity index (χ2v) is 12.7. The maximum Gasteiger partial charge on any atom is 0.181 e. The molecule has 0 unspecified atom stereocenters. The Hall–Kier alpha value is -2.97. The Morgan fingerprint density at radius 1 is 0.562 bits per heavy atom. The van der Waals surface area contributed by atoms with E-state index in [1.807, 2.05) is 60.7 Å². The van der Waals surface area contributed by atoms with E-state index >= 15 is 4.57 Å². The zero-order valence-electron chi connectivity index (χ0n) is 17.1. The molecule has 0 fully saturated rings. The molecule has 2 aromatic heterocycles. The van der Waals surface area contributed by atoms with Gasteiger partial charge in [0.15, 0.2) is 7.14 Å². The normalized spacial score (nSPS) is 11.9. The molecule has 0 radical (unpaired) electrons. The minimum Gasteiger partial charge on any atom is -0.308 e. The third kappa shape index (κ3) is 3.01. The predicted molar refractivity (Wildman–Crippen MR) is 142 cm³/mol. The van der Waals surface area contributed by atoms with E-state index < -0.39 is 7.14 Å². The summed E-state index contributed by atoms with van der Waals surface area (Å²) in [5.41, 5.74) is 2.28. The van der Waals surface area contributed by atoms with Gasteiger partial charge in [-0.15, -0.1) is 22.7 Å². The lowest BCUT2D eigenvalue weighted by atomic mass is 10.0. The number of hydrogen-bond donors (Lipinski definition) is 0. The number of thiophene rings is 2. The molecule has 0 saturated heterocycles. The third-order valence-electron chi connectivity index (χ3n) is 5.85. The Morgan fingerprint density at radius 3 is 1.75 bits per heavy atom. The van der Waals surface area contributed by atoms with Crippen LogP contribution in [0.5, 0.6) is 0 Å². The van der Waals surface area contributed by atoms with Crippen LogP contribution in [0.1, 0.15) is 0 Å². The van der Waals surface area contributed by atoms with E-state index in [0.29, 0.717) is 0 Å². The molecule has 1 nitrogen and oxygen atoms in total. The van der Waals surface area contributed by atoms with Gasteiger partial charge in [-0.25, -0.2) is 0 Å². The molecule has 0 bridgehead atoms. The van der Waals surface area contributed by atoms with Crippen molar-refractivity contribution in [2.24, 2.45) is 0 Å². The second-order valence-electron chi connectivity index (χ2n) is 7.70. The summed E-state index contributed by atoms with van der Waals surface area (Å²) in [6.07, 6.45) is 0. The lowest BCUT2D eigenvalue weighted by Crippen LogP contribution is -2.24. The van der Waals surface area contributed by atoms with Gasteiger partial charge in [0.25, 0.3) is 0 Å². The predicted octanol–water partition coefficient (Wildman–Crippen LogP) is 7.42. The van der Waals surface area contributed by atoms with Crippen LogP contribution in [0, 0.1) is 0 Å². The van der Waals surface area contributed by atoms with E-state index in [2.05, 4.69) is 53.9 Å². The van der Waals surface area contributed by atoms with Gasteiger partial charge in [-0.2, -0.15) is 0 Å². The highest BCUT2D eigenvalue weighted by Gasteiger charge is 2.35. The zero-order valence-corrected chi connectivity index (χ0v) is 19.7. The fourth-order valence-corrected chi connectivity index (χ4v) is 10.2. The van der Waals surface area contributed by atoms with E-state index in [1.165, 1.54) is 25.7 Å². The summed E-state index contributed by atoms with van der Waals surface area (Å²) in [7, 11) is -3.08. The minimum atomic E-state index is -3.08. The highest BCUT2D eigenvalue weighted by Crippen LogP contribution is 2.51. The number of benzene rings is 4. The molecule has 32 heavy (non-hydrogen) atoms. The molecule has 0 spiro atoms. The largest absolute Gasteiger partial charge is 0.308 e. The third-order valence-corrected chi connectivity index (χ3v) is 11.7. The summed E-state index contributed by atoms with van der Waals surface area (Å²) in [4.78, 5) is 0. The monoisotopic (exact) mass is 466 g/mol. The van der Waals surface area contributed by atoms with Gasteiger partial charge in [0, 0.05) is 41.9 Å². The van der Waals surface area contributed by atoms with Gasteiger partial charge in [-0.05, 0) is 17.5 Å². The van der Waals surface area contributed by atoms with Crippen molar-refractivity contribution in [2.45, 2.75) is 0 Å². The smallest absolute Gasteiger partial charge is 0.181 e. The van der Waals surface area contributed by atoms with Crippen LogP contribution in [0.25, 0.3) is 31.3 Å². The van der Waals surface area contributed by atoms with Crippen molar-refractivity contribution in [3.8, 4) is 11.1 Å². The van der Waals surface area contributed by atoms with Crippen LogP contribution in [0.2, 0.25) is 0 Å². The van der Waals surface area contributed by atoms with Crippen LogP contribution in [0.3, 0.4) is 0 Å². The van der Waals surface area contributed by atoms with E-state index in [0.717, 1.165) is 20.8 Å². The molecule has 2 heterocycles. The SMILES string of the molecule is O=P(c1ccccc1)(c1ccccc1)c1sc2ccccc2c1-c1csc2ccccc12. The topological polar surface area (TPSA) is 17.1 Å². The summed E-state index contributed by atoms with van der Waals surface area (Å²) in [5.74, 6) is 0. The molecule has 0 aliphatic carbocycles. The van der Waals surface area contributed by atoms with Crippen LogP contribution in [0.15, 0.2) is 115 Å². The van der Waals surface area contributed by atoms with E-state index in [4.69, 9.17) is 0 Å². The van der Waals surface area contributed by atoms with Crippen LogP contribution >= 0.6 is 29.8 Å². The molecule has 0 aliphatic rings. The van der Waals surface area contributed by atoms with E-state index in [-0.39, 0.29) is 0 Å². The van der Waals surface area contributed by atoms with Crippen molar-refractivity contribution in [1.29, 1.82) is 0 Å². The van der Waals surface area contributed by atoms with Crippen molar-refractivity contribution >= 4 is 65.2 Å². The first-order valence-electron chi connectivity index (χ1n) is 10.5. The lowest BCUT2D eigenvalue weighted by molar-refractivity contribution is 0.593. The highest BCUT2D eigenvalue weighted by molar-refractivity contribution is 7.89. The molecule has 154 valence electrons. The van der Waals surface area contributed by atoms with Crippen LogP contribution < -0.4 is 15.2 Å². The van der Waals surface area contributed by atoms with Crippen molar-refractivity contribution in [3.05, 3.63) is 115 Å². The van der Waals surface area contributed by atoms with Gasteiger partial charge >= 0.3 is 0 Å². The maximum atomic E-state index is 15.3. The molecular weight excluding hydrogens is 447 g/mol. The Kier molecular flexibility index (Phi) is 4.84. The van der Waals surface area contributed by atoms with Gasteiger partial charge in [0.05, 0.1) is 4.62 Å². The maximum absolute atomic E-state index is 15.3. The van der Waals surface area contributed by atoms with Crippen molar-refractivity contribution in [3.63, 3.8) is 0 Å². The summed E-state index contributed by atoms with van der Waals surface area (Å²) in [6.45, 7) is 0. The first-order chi connectivity index (χ1) is 15.8. The number of fused-ring (bicyclic) bond motifs is 2. The molecule has 0 saturated carbocycles. The quantitative estimate of drug-likeness (QED) is 0.247. The van der Waals surface area contributed by atoms with E-state index in [1.54, 1.807) is 22.7 Å². The van der Waals surface area contributed by atoms with Crippen molar-refractivity contribution < 1.29 is 4.57 Å². The summed E-state index contributed by atoms with van der Waals surface area (Å²) >= 11 is 3.42. The van der Waals surface area contributed by atoms with Gasteiger partial charge in [0.1, 0.15) is 0 Å². The molecule has 4 heteroatoms. The summed E-state index contributed by atoms with van der Waals surface area (Å²) < 4.78 is 18.6. The Morgan fingerprint density at radius 2 is 1.09 bits per heavy atom. The molecule has 0 N–H and O–H groups in total. The number of hydrogen-bond acceptors (Lipinski definition) is 3. The molecule has 0 aliphatic heterocycles.